The first kappa shape index (κ1) is 20.0. The third kappa shape index (κ3) is 5.85. The van der Waals surface area contributed by atoms with Gasteiger partial charge >= 0.3 is 5.97 Å². The highest BCUT2D eigenvalue weighted by atomic mass is 16.5. The van der Waals surface area contributed by atoms with Crippen LogP contribution in [-0.4, -0.2) is 38.5 Å². The smallest absolute Gasteiger partial charge is 0.310 e. The number of ether oxygens (including phenoxy) is 2. The van der Waals surface area contributed by atoms with E-state index in [0.29, 0.717) is 22.6 Å². The van der Waals surface area contributed by atoms with E-state index in [-0.39, 0.29) is 12.3 Å². The summed E-state index contributed by atoms with van der Waals surface area (Å²) < 4.78 is 10.3. The number of hydrogen-bond acceptors (Lipinski definition) is 5. The van der Waals surface area contributed by atoms with Gasteiger partial charge in [-0.25, -0.2) is 0 Å². The van der Waals surface area contributed by atoms with Crippen LogP contribution in [0.5, 0.6) is 5.75 Å². The molecule has 0 aromatic heterocycles. The van der Waals surface area contributed by atoms with Crippen LogP contribution in [0.3, 0.4) is 0 Å². The van der Waals surface area contributed by atoms with Gasteiger partial charge in [0.15, 0.2) is 6.61 Å². The fourth-order valence-electron chi connectivity index (χ4n) is 2.44. The molecule has 2 aromatic carbocycles. The van der Waals surface area contributed by atoms with E-state index in [2.05, 4.69) is 10.6 Å². The lowest BCUT2D eigenvalue weighted by Gasteiger charge is -2.10. The van der Waals surface area contributed by atoms with Crippen LogP contribution in [0.1, 0.15) is 21.5 Å². The highest BCUT2D eigenvalue weighted by Gasteiger charge is 2.12. The van der Waals surface area contributed by atoms with E-state index in [1.54, 1.807) is 37.4 Å². The van der Waals surface area contributed by atoms with Gasteiger partial charge in [0.2, 0.25) is 0 Å². The fourth-order valence-corrected chi connectivity index (χ4v) is 2.44. The maximum absolute atomic E-state index is 12.0. The predicted molar refractivity (Wildman–Crippen MR) is 101 cm³/mol. The standard InChI is InChI=1S/C20H22N2O5/c1-13-4-9-17(26-3)15(10-13)11-19(24)27-12-18(23)22-16-7-5-14(6-8-16)20(25)21-2/h4-10H,11-12H2,1-3H3,(H,21,25)(H,22,23). The number of benzene rings is 2. The van der Waals surface area contributed by atoms with Crippen LogP contribution in [0.15, 0.2) is 42.5 Å². The van der Waals surface area contributed by atoms with Crippen molar-refractivity contribution in [3.05, 3.63) is 59.2 Å². The molecule has 142 valence electrons. The minimum atomic E-state index is -0.524. The maximum Gasteiger partial charge on any atom is 0.310 e. The number of carbonyl (C=O) groups is 3. The molecule has 0 bridgehead atoms. The summed E-state index contributed by atoms with van der Waals surface area (Å²) in [5.74, 6) is -0.608. The summed E-state index contributed by atoms with van der Waals surface area (Å²) in [6.45, 7) is 1.52. The Balaban J connectivity index is 1.85. The predicted octanol–water partition coefficient (Wildman–Crippen LogP) is 2.09. The zero-order valence-electron chi connectivity index (χ0n) is 15.5. The van der Waals surface area contributed by atoms with Crippen LogP contribution < -0.4 is 15.4 Å². The van der Waals surface area contributed by atoms with Crippen LogP contribution in [0.25, 0.3) is 0 Å². The molecule has 0 aliphatic heterocycles. The molecule has 0 radical (unpaired) electrons. The highest BCUT2D eigenvalue weighted by molar-refractivity contribution is 5.96. The van der Waals surface area contributed by atoms with Crippen LogP contribution in [0.4, 0.5) is 5.69 Å². The molecule has 0 unspecified atom stereocenters. The Morgan fingerprint density at radius 2 is 1.74 bits per heavy atom. The van der Waals surface area contributed by atoms with Gasteiger partial charge in [0.1, 0.15) is 5.75 Å². The molecule has 0 atom stereocenters. The van der Waals surface area contributed by atoms with Gasteiger partial charge in [-0.1, -0.05) is 17.7 Å². The van der Waals surface area contributed by atoms with Gasteiger partial charge in [0, 0.05) is 23.9 Å². The van der Waals surface area contributed by atoms with Gasteiger partial charge in [-0.2, -0.15) is 0 Å². The van der Waals surface area contributed by atoms with Crippen LogP contribution in [0, 0.1) is 6.92 Å². The molecule has 0 saturated carbocycles. The van der Waals surface area contributed by atoms with E-state index in [9.17, 15) is 14.4 Å². The lowest BCUT2D eigenvalue weighted by molar-refractivity contribution is -0.146. The second kappa shape index (κ2) is 9.38. The molecule has 7 heteroatoms. The molecule has 2 amide bonds. The summed E-state index contributed by atoms with van der Waals surface area (Å²) in [6.07, 6.45) is 0.0129. The number of esters is 1. The monoisotopic (exact) mass is 370 g/mol. The van der Waals surface area contributed by atoms with Crippen molar-refractivity contribution in [2.45, 2.75) is 13.3 Å². The maximum atomic E-state index is 12.0. The van der Waals surface area contributed by atoms with E-state index >= 15 is 0 Å². The Morgan fingerprint density at radius 3 is 2.37 bits per heavy atom. The molecular weight excluding hydrogens is 348 g/mol. The first-order valence-electron chi connectivity index (χ1n) is 8.34. The van der Waals surface area contributed by atoms with Crippen molar-refractivity contribution in [3.8, 4) is 5.75 Å². The Bertz CT molecular complexity index is 831. The lowest BCUT2D eigenvalue weighted by atomic mass is 10.1. The van der Waals surface area contributed by atoms with E-state index in [0.717, 1.165) is 5.56 Å². The van der Waals surface area contributed by atoms with Crippen LogP contribution in [-0.2, 0) is 20.7 Å². The third-order valence-corrected chi connectivity index (χ3v) is 3.79. The van der Waals surface area contributed by atoms with Crippen LogP contribution >= 0.6 is 0 Å². The van der Waals surface area contributed by atoms with Crippen LogP contribution in [0.2, 0.25) is 0 Å². The average Bonchev–Trinajstić information content (AvgIpc) is 2.66. The Labute approximate surface area is 157 Å². The summed E-state index contributed by atoms with van der Waals surface area (Å²) in [4.78, 5) is 35.4. The number of carbonyl (C=O) groups excluding carboxylic acids is 3. The largest absolute Gasteiger partial charge is 0.496 e. The normalized spacial score (nSPS) is 10.0. The lowest BCUT2D eigenvalue weighted by Crippen LogP contribution is -2.22. The topological polar surface area (TPSA) is 93.7 Å². The number of hydrogen-bond donors (Lipinski definition) is 2. The van der Waals surface area contributed by atoms with E-state index in [1.165, 1.54) is 7.11 Å². The molecule has 0 spiro atoms. The summed E-state index contributed by atoms with van der Waals surface area (Å²) in [6, 6.07) is 11.9. The van der Waals surface area contributed by atoms with Crippen molar-refractivity contribution in [3.63, 3.8) is 0 Å². The van der Waals surface area contributed by atoms with Gasteiger partial charge in [0.05, 0.1) is 13.5 Å². The number of aryl methyl sites for hydroxylation is 1. The van der Waals surface area contributed by atoms with Gasteiger partial charge < -0.3 is 20.1 Å². The average molecular weight is 370 g/mol. The van der Waals surface area contributed by atoms with Crippen molar-refractivity contribution in [1.82, 2.24) is 5.32 Å². The molecule has 0 saturated heterocycles. The molecule has 2 N–H and O–H groups in total. The van der Waals surface area contributed by atoms with E-state index in [4.69, 9.17) is 9.47 Å². The van der Waals surface area contributed by atoms with E-state index in [1.807, 2.05) is 19.1 Å². The minimum absolute atomic E-state index is 0.0129. The Hall–Kier alpha value is -3.35. The second-order valence-electron chi connectivity index (χ2n) is 5.86. The molecule has 0 aliphatic rings. The zero-order valence-corrected chi connectivity index (χ0v) is 15.5. The van der Waals surface area contributed by atoms with Crippen molar-refractivity contribution < 1.29 is 23.9 Å². The first-order chi connectivity index (χ1) is 12.9. The number of anilines is 1. The molecule has 2 aromatic rings. The SMILES string of the molecule is CNC(=O)c1ccc(NC(=O)COC(=O)Cc2cc(C)ccc2OC)cc1. The van der Waals surface area contributed by atoms with E-state index < -0.39 is 18.5 Å². The molecule has 2 rings (SSSR count). The summed E-state index contributed by atoms with van der Waals surface area (Å²) in [5, 5.41) is 5.12. The molecule has 27 heavy (non-hydrogen) atoms. The van der Waals surface area contributed by atoms with Gasteiger partial charge in [-0.15, -0.1) is 0 Å². The molecule has 0 fully saturated rings. The molecule has 0 aliphatic carbocycles. The van der Waals surface area contributed by atoms with Gasteiger partial charge in [0.25, 0.3) is 11.8 Å². The summed E-state index contributed by atoms with van der Waals surface area (Å²) in [5.41, 5.74) is 2.68. The van der Waals surface area contributed by atoms with Crippen molar-refractivity contribution in [2.75, 3.05) is 26.1 Å². The zero-order chi connectivity index (χ0) is 19.8. The Kier molecular flexibility index (Phi) is 6.93. The van der Waals surface area contributed by atoms with Crippen molar-refractivity contribution >= 4 is 23.5 Å². The molecular formula is C20H22N2O5. The number of amides is 2. The summed E-state index contributed by atoms with van der Waals surface area (Å²) in [7, 11) is 3.07. The third-order valence-electron chi connectivity index (χ3n) is 3.79. The Morgan fingerprint density at radius 1 is 1.04 bits per heavy atom. The minimum Gasteiger partial charge on any atom is -0.496 e. The number of rotatable bonds is 7. The molecule has 0 heterocycles. The van der Waals surface area contributed by atoms with Gasteiger partial charge in [-0.3, -0.25) is 14.4 Å². The van der Waals surface area contributed by atoms with Gasteiger partial charge in [-0.05, 0) is 37.3 Å². The van der Waals surface area contributed by atoms with Crippen molar-refractivity contribution in [2.24, 2.45) is 0 Å². The van der Waals surface area contributed by atoms with Crippen molar-refractivity contribution in [1.29, 1.82) is 0 Å². The fraction of sp³-hybridized carbons (Fsp3) is 0.250. The summed E-state index contributed by atoms with van der Waals surface area (Å²) >= 11 is 0. The number of nitrogens with one attached hydrogen (secondary N) is 2. The first-order valence-corrected chi connectivity index (χ1v) is 8.34. The molecule has 7 nitrogen and oxygen atoms in total. The number of methoxy groups -OCH3 is 1. The quantitative estimate of drug-likeness (QED) is 0.728. The highest BCUT2D eigenvalue weighted by Crippen LogP contribution is 2.20. The second-order valence-corrected chi connectivity index (χ2v) is 5.86.